The van der Waals surface area contributed by atoms with Gasteiger partial charge in [0.05, 0.1) is 6.61 Å². The van der Waals surface area contributed by atoms with Crippen molar-refractivity contribution >= 4 is 17.6 Å². The predicted molar refractivity (Wildman–Crippen MR) is 73.2 cm³/mol. The Morgan fingerprint density at radius 3 is 2.58 bits per heavy atom. The number of hydrogen-bond acceptors (Lipinski definition) is 4. The van der Waals surface area contributed by atoms with E-state index in [-0.39, 0.29) is 19.0 Å². The molecule has 0 radical (unpaired) electrons. The lowest BCUT2D eigenvalue weighted by atomic mass is 10.2. The predicted octanol–water partition coefficient (Wildman–Crippen LogP) is 3.16. The zero-order valence-corrected chi connectivity index (χ0v) is 11.9. The summed E-state index contributed by atoms with van der Waals surface area (Å²) in [6, 6.07) is 6.68. The Labute approximate surface area is 118 Å². The van der Waals surface area contributed by atoms with E-state index in [0.717, 1.165) is 6.42 Å². The van der Waals surface area contributed by atoms with Crippen molar-refractivity contribution in [3.8, 4) is 5.75 Å². The van der Waals surface area contributed by atoms with E-state index in [9.17, 15) is 9.90 Å². The van der Waals surface area contributed by atoms with Gasteiger partial charge in [-0.15, -0.1) is 0 Å². The molecular weight excluding hydrogens is 268 g/mol. The number of benzene rings is 1. The van der Waals surface area contributed by atoms with Crippen molar-refractivity contribution in [2.24, 2.45) is 0 Å². The van der Waals surface area contributed by atoms with Crippen LogP contribution in [0.25, 0.3) is 0 Å². The molecule has 1 atom stereocenters. The molecule has 106 valence electrons. The summed E-state index contributed by atoms with van der Waals surface area (Å²) in [5, 5.41) is 10.6. The summed E-state index contributed by atoms with van der Waals surface area (Å²) in [5.74, 6) is -1.14. The van der Waals surface area contributed by atoms with E-state index in [0.29, 0.717) is 17.2 Å². The fourth-order valence-electron chi connectivity index (χ4n) is 1.44. The van der Waals surface area contributed by atoms with Gasteiger partial charge in [0, 0.05) is 24.8 Å². The molecule has 0 amide bonds. The molecule has 1 rings (SSSR count). The fraction of sp³-hybridized carbons (Fsp3) is 0.500. The van der Waals surface area contributed by atoms with Gasteiger partial charge >= 0.3 is 5.97 Å². The summed E-state index contributed by atoms with van der Waals surface area (Å²) < 4.78 is 10.4. The molecule has 0 heterocycles. The maximum Gasteiger partial charge on any atom is 0.305 e. The molecule has 1 N–H and O–H groups in total. The Kier molecular flexibility index (Phi) is 6.12. The summed E-state index contributed by atoms with van der Waals surface area (Å²) in [7, 11) is 0. The number of ether oxygens (including phenoxy) is 2. The van der Waals surface area contributed by atoms with Crippen LogP contribution in [-0.4, -0.2) is 23.5 Å². The van der Waals surface area contributed by atoms with Crippen LogP contribution in [-0.2, 0) is 9.53 Å². The second-order valence-corrected chi connectivity index (χ2v) is 4.89. The van der Waals surface area contributed by atoms with Crippen molar-refractivity contribution in [2.45, 2.75) is 38.9 Å². The van der Waals surface area contributed by atoms with E-state index in [1.807, 2.05) is 6.92 Å². The summed E-state index contributed by atoms with van der Waals surface area (Å²) in [4.78, 5) is 11.2. The number of aliphatic hydroxyl groups is 1. The number of rotatable bonds is 7. The van der Waals surface area contributed by atoms with Crippen molar-refractivity contribution in [2.75, 3.05) is 6.61 Å². The van der Waals surface area contributed by atoms with Gasteiger partial charge in [-0.25, -0.2) is 0 Å². The van der Waals surface area contributed by atoms with E-state index in [1.165, 1.54) is 6.92 Å². The van der Waals surface area contributed by atoms with Gasteiger partial charge in [0.15, 0.2) is 0 Å². The van der Waals surface area contributed by atoms with Gasteiger partial charge in [0.25, 0.3) is 0 Å². The van der Waals surface area contributed by atoms with Crippen molar-refractivity contribution in [3.63, 3.8) is 0 Å². The second-order valence-electron chi connectivity index (χ2n) is 4.45. The second kappa shape index (κ2) is 7.36. The molecule has 4 nitrogen and oxygen atoms in total. The SMILES string of the molecule is CCCC(=O)OCCC(C)(O)Oc1ccc(Cl)cc1. The molecule has 1 aromatic rings. The largest absolute Gasteiger partial charge is 0.465 e. The molecule has 5 heteroatoms. The third-order valence-corrected chi connectivity index (χ3v) is 2.69. The van der Waals surface area contributed by atoms with Crippen LogP contribution in [0.4, 0.5) is 0 Å². The zero-order valence-electron chi connectivity index (χ0n) is 11.2. The highest BCUT2D eigenvalue weighted by molar-refractivity contribution is 6.30. The number of hydrogen-bond donors (Lipinski definition) is 1. The van der Waals surface area contributed by atoms with Crippen molar-refractivity contribution in [1.82, 2.24) is 0 Å². The van der Waals surface area contributed by atoms with Crippen molar-refractivity contribution in [3.05, 3.63) is 29.3 Å². The molecule has 1 aromatic carbocycles. The first-order valence-electron chi connectivity index (χ1n) is 6.25. The minimum atomic E-state index is -1.39. The minimum Gasteiger partial charge on any atom is -0.465 e. The monoisotopic (exact) mass is 286 g/mol. The molecule has 0 saturated carbocycles. The van der Waals surface area contributed by atoms with Crippen molar-refractivity contribution in [1.29, 1.82) is 0 Å². The first-order chi connectivity index (χ1) is 8.93. The summed E-state index contributed by atoms with van der Waals surface area (Å²) in [6.45, 7) is 3.55. The molecule has 0 saturated heterocycles. The average Bonchev–Trinajstić information content (AvgIpc) is 2.32. The quantitative estimate of drug-likeness (QED) is 0.618. The van der Waals surface area contributed by atoms with Crippen LogP contribution in [0.2, 0.25) is 5.02 Å². The van der Waals surface area contributed by atoms with Gasteiger partial charge in [0.2, 0.25) is 5.79 Å². The summed E-state index contributed by atoms with van der Waals surface area (Å²) >= 11 is 5.76. The summed E-state index contributed by atoms with van der Waals surface area (Å²) in [6.07, 6.45) is 1.34. The molecule has 0 aromatic heterocycles. The van der Waals surface area contributed by atoms with Gasteiger partial charge < -0.3 is 14.6 Å². The highest BCUT2D eigenvalue weighted by Crippen LogP contribution is 2.21. The smallest absolute Gasteiger partial charge is 0.305 e. The van der Waals surface area contributed by atoms with Gasteiger partial charge in [-0.1, -0.05) is 18.5 Å². The lowest BCUT2D eigenvalue weighted by Gasteiger charge is -2.24. The molecule has 0 bridgehead atoms. The van der Waals surface area contributed by atoms with Crippen LogP contribution in [0.15, 0.2) is 24.3 Å². The van der Waals surface area contributed by atoms with E-state index in [4.69, 9.17) is 21.1 Å². The molecule has 0 fully saturated rings. The molecule has 0 spiro atoms. The Balaban J connectivity index is 2.39. The normalized spacial score (nSPS) is 13.7. The highest BCUT2D eigenvalue weighted by atomic mass is 35.5. The van der Waals surface area contributed by atoms with Crippen LogP contribution in [0.5, 0.6) is 5.75 Å². The van der Waals surface area contributed by atoms with Gasteiger partial charge in [-0.05, 0) is 30.7 Å². The fourth-order valence-corrected chi connectivity index (χ4v) is 1.56. The van der Waals surface area contributed by atoms with Crippen LogP contribution in [0, 0.1) is 0 Å². The molecular formula is C14H19ClO4. The molecule has 19 heavy (non-hydrogen) atoms. The lowest BCUT2D eigenvalue weighted by molar-refractivity contribution is -0.155. The Bertz CT molecular complexity index is 400. The number of carbonyl (C=O) groups excluding carboxylic acids is 1. The van der Waals surface area contributed by atoms with Crippen LogP contribution in [0.1, 0.15) is 33.1 Å². The van der Waals surface area contributed by atoms with Crippen LogP contribution < -0.4 is 4.74 Å². The third kappa shape index (κ3) is 6.45. The van der Waals surface area contributed by atoms with Crippen LogP contribution in [0.3, 0.4) is 0 Å². The van der Waals surface area contributed by atoms with E-state index in [1.54, 1.807) is 24.3 Å². The lowest BCUT2D eigenvalue weighted by Crippen LogP contribution is -2.33. The Hall–Kier alpha value is -1.26. The number of carbonyl (C=O) groups is 1. The molecule has 0 aliphatic carbocycles. The van der Waals surface area contributed by atoms with Gasteiger partial charge in [0.1, 0.15) is 5.75 Å². The third-order valence-electron chi connectivity index (χ3n) is 2.43. The van der Waals surface area contributed by atoms with E-state index < -0.39 is 5.79 Å². The molecule has 1 unspecified atom stereocenters. The van der Waals surface area contributed by atoms with Crippen molar-refractivity contribution < 1.29 is 19.4 Å². The maximum absolute atomic E-state index is 11.2. The highest BCUT2D eigenvalue weighted by Gasteiger charge is 2.23. The van der Waals surface area contributed by atoms with E-state index in [2.05, 4.69) is 0 Å². The Morgan fingerprint density at radius 1 is 1.37 bits per heavy atom. The molecule has 0 aliphatic heterocycles. The van der Waals surface area contributed by atoms with E-state index >= 15 is 0 Å². The first-order valence-corrected chi connectivity index (χ1v) is 6.63. The number of esters is 1. The Morgan fingerprint density at radius 2 is 2.00 bits per heavy atom. The minimum absolute atomic E-state index is 0.124. The van der Waals surface area contributed by atoms with Crippen LogP contribution >= 0.6 is 11.6 Å². The first kappa shape index (κ1) is 15.8. The summed E-state index contributed by atoms with van der Waals surface area (Å²) in [5.41, 5.74) is 0. The standard InChI is InChI=1S/C14H19ClO4/c1-3-4-13(16)18-10-9-14(2,17)19-12-7-5-11(15)6-8-12/h5-8,17H,3-4,9-10H2,1-2H3. The number of halogens is 1. The zero-order chi connectivity index (χ0) is 14.3. The topological polar surface area (TPSA) is 55.8 Å². The average molecular weight is 287 g/mol. The molecule has 0 aliphatic rings. The maximum atomic E-state index is 11.2. The van der Waals surface area contributed by atoms with Gasteiger partial charge in [-0.2, -0.15) is 0 Å². The van der Waals surface area contributed by atoms with Gasteiger partial charge in [-0.3, -0.25) is 4.79 Å².